The van der Waals surface area contributed by atoms with Crippen LogP contribution in [0.15, 0.2) is 0 Å². The second-order valence-corrected chi connectivity index (χ2v) is 4.65. The summed E-state index contributed by atoms with van der Waals surface area (Å²) in [5, 5.41) is 3.12. The molecule has 0 aliphatic rings. The van der Waals surface area contributed by atoms with E-state index in [0.29, 0.717) is 31.2 Å². The van der Waals surface area contributed by atoms with Gasteiger partial charge in [-0.3, -0.25) is 0 Å². The molecule has 0 spiro atoms. The Morgan fingerprint density at radius 1 is 0.950 bits per heavy atom. The first kappa shape index (κ1) is 16.4. The first-order chi connectivity index (χ1) is 9.65. The van der Waals surface area contributed by atoms with Crippen molar-refractivity contribution in [2.45, 2.75) is 26.7 Å². The normalized spacial score (nSPS) is 10.7. The van der Waals surface area contributed by atoms with Crippen molar-refractivity contribution in [1.29, 1.82) is 0 Å². The number of aromatic nitrogens is 3. The van der Waals surface area contributed by atoms with Crippen molar-refractivity contribution in [3.8, 4) is 12.0 Å². The van der Waals surface area contributed by atoms with Crippen LogP contribution in [0.5, 0.6) is 12.0 Å². The Morgan fingerprint density at radius 2 is 1.60 bits per heavy atom. The Bertz CT molecular complexity index is 361. The minimum atomic E-state index is 0.298. The molecule has 7 heteroatoms. The lowest BCUT2D eigenvalue weighted by Gasteiger charge is -2.11. The third kappa shape index (κ3) is 6.51. The van der Waals surface area contributed by atoms with Crippen LogP contribution >= 0.6 is 0 Å². The van der Waals surface area contributed by atoms with Crippen molar-refractivity contribution in [3.63, 3.8) is 0 Å². The molecule has 0 bridgehead atoms. The molecule has 0 aliphatic carbocycles. The summed E-state index contributed by atoms with van der Waals surface area (Å²) in [6.07, 6.45) is 1.90. The van der Waals surface area contributed by atoms with Gasteiger partial charge in [0.1, 0.15) is 6.61 Å². The van der Waals surface area contributed by atoms with Gasteiger partial charge in [-0.1, -0.05) is 13.8 Å². The monoisotopic (exact) mass is 283 g/mol. The van der Waals surface area contributed by atoms with E-state index in [2.05, 4.69) is 27.2 Å². The molecule has 0 saturated heterocycles. The van der Waals surface area contributed by atoms with Crippen LogP contribution in [0.25, 0.3) is 0 Å². The summed E-state index contributed by atoms with van der Waals surface area (Å²) in [5.41, 5.74) is 0. The zero-order valence-electron chi connectivity index (χ0n) is 12.8. The van der Waals surface area contributed by atoms with Gasteiger partial charge in [0, 0.05) is 13.1 Å². The fourth-order valence-corrected chi connectivity index (χ4v) is 1.30. The second kappa shape index (κ2) is 9.30. The minimum Gasteiger partial charge on any atom is -0.463 e. The van der Waals surface area contributed by atoms with E-state index in [-0.39, 0.29) is 0 Å². The zero-order valence-corrected chi connectivity index (χ0v) is 12.8. The molecular weight excluding hydrogens is 258 g/mol. The maximum atomic E-state index is 5.53. The van der Waals surface area contributed by atoms with Crippen molar-refractivity contribution < 1.29 is 9.47 Å². The number of hydrogen-bond acceptors (Lipinski definition) is 7. The van der Waals surface area contributed by atoms with Crippen LogP contribution in [-0.4, -0.2) is 60.3 Å². The van der Waals surface area contributed by atoms with Gasteiger partial charge in [0.2, 0.25) is 5.95 Å². The molecule has 0 radical (unpaired) electrons. The minimum absolute atomic E-state index is 0.298. The fraction of sp³-hybridized carbons (Fsp3) is 0.769. The molecule has 7 nitrogen and oxygen atoms in total. The highest BCUT2D eigenvalue weighted by Crippen LogP contribution is 2.13. The highest BCUT2D eigenvalue weighted by atomic mass is 16.5. The summed E-state index contributed by atoms with van der Waals surface area (Å²) in [6.45, 7) is 6.82. The summed E-state index contributed by atoms with van der Waals surface area (Å²) >= 11 is 0. The Balaban J connectivity index is 2.68. The average molecular weight is 283 g/mol. The summed E-state index contributed by atoms with van der Waals surface area (Å²) < 4.78 is 11.0. The van der Waals surface area contributed by atoms with Crippen molar-refractivity contribution >= 4 is 5.95 Å². The van der Waals surface area contributed by atoms with Crippen LogP contribution in [-0.2, 0) is 0 Å². The first-order valence-electron chi connectivity index (χ1n) is 7.06. The molecular formula is C13H25N5O2. The van der Waals surface area contributed by atoms with Crippen LogP contribution < -0.4 is 14.8 Å². The highest BCUT2D eigenvalue weighted by Gasteiger charge is 2.08. The van der Waals surface area contributed by atoms with E-state index in [1.807, 2.05) is 25.9 Å². The van der Waals surface area contributed by atoms with E-state index in [4.69, 9.17) is 9.47 Å². The molecule has 1 aromatic rings. The SMILES string of the molecule is CCCNc1nc(OCCC)nc(OCCN(C)C)n1. The molecule has 1 aromatic heterocycles. The maximum Gasteiger partial charge on any atom is 0.324 e. The van der Waals surface area contributed by atoms with Crippen LogP contribution in [0.1, 0.15) is 26.7 Å². The zero-order chi connectivity index (χ0) is 14.8. The van der Waals surface area contributed by atoms with Gasteiger partial charge in [0.15, 0.2) is 0 Å². The molecule has 1 N–H and O–H groups in total. The van der Waals surface area contributed by atoms with E-state index < -0.39 is 0 Å². The van der Waals surface area contributed by atoms with Gasteiger partial charge in [-0.05, 0) is 26.9 Å². The molecule has 0 atom stereocenters. The summed E-state index contributed by atoms with van der Waals surface area (Å²) in [5.74, 6) is 0.493. The average Bonchev–Trinajstić information content (AvgIpc) is 2.42. The summed E-state index contributed by atoms with van der Waals surface area (Å²) in [6, 6.07) is 0.604. The van der Waals surface area contributed by atoms with Crippen molar-refractivity contribution in [1.82, 2.24) is 19.9 Å². The number of ether oxygens (including phenoxy) is 2. The fourth-order valence-electron chi connectivity index (χ4n) is 1.30. The van der Waals surface area contributed by atoms with Gasteiger partial charge >= 0.3 is 12.0 Å². The molecule has 0 amide bonds. The molecule has 0 aliphatic heterocycles. The molecule has 20 heavy (non-hydrogen) atoms. The molecule has 0 aromatic carbocycles. The molecule has 1 heterocycles. The quantitative estimate of drug-likeness (QED) is 0.696. The van der Waals surface area contributed by atoms with E-state index in [0.717, 1.165) is 25.9 Å². The third-order valence-corrected chi connectivity index (χ3v) is 2.33. The van der Waals surface area contributed by atoms with Gasteiger partial charge in [-0.2, -0.15) is 9.97 Å². The van der Waals surface area contributed by atoms with Crippen LogP contribution in [0.4, 0.5) is 5.95 Å². The largest absolute Gasteiger partial charge is 0.463 e. The number of nitrogens with zero attached hydrogens (tertiary/aromatic N) is 4. The lowest BCUT2D eigenvalue weighted by atomic mass is 10.5. The van der Waals surface area contributed by atoms with Gasteiger partial charge in [0.05, 0.1) is 6.61 Å². The van der Waals surface area contributed by atoms with E-state index in [1.165, 1.54) is 0 Å². The third-order valence-electron chi connectivity index (χ3n) is 2.33. The lowest BCUT2D eigenvalue weighted by molar-refractivity contribution is 0.235. The van der Waals surface area contributed by atoms with Gasteiger partial charge in [0.25, 0.3) is 0 Å². The molecule has 0 unspecified atom stereocenters. The van der Waals surface area contributed by atoms with Crippen LogP contribution in [0.3, 0.4) is 0 Å². The predicted molar refractivity (Wildman–Crippen MR) is 78.4 cm³/mol. The number of likely N-dealkylation sites (N-methyl/N-ethyl adjacent to an activating group) is 1. The van der Waals surface area contributed by atoms with Crippen molar-refractivity contribution in [3.05, 3.63) is 0 Å². The lowest BCUT2D eigenvalue weighted by Crippen LogP contribution is -2.20. The van der Waals surface area contributed by atoms with Crippen molar-refractivity contribution in [2.24, 2.45) is 0 Å². The molecule has 0 saturated carbocycles. The van der Waals surface area contributed by atoms with E-state index in [1.54, 1.807) is 0 Å². The van der Waals surface area contributed by atoms with Crippen molar-refractivity contribution in [2.75, 3.05) is 45.7 Å². The van der Waals surface area contributed by atoms with Gasteiger partial charge in [-0.25, -0.2) is 0 Å². The Labute approximate surface area is 120 Å². The predicted octanol–water partition coefficient (Wildman–Crippen LogP) is 1.42. The van der Waals surface area contributed by atoms with E-state index in [9.17, 15) is 0 Å². The second-order valence-electron chi connectivity index (χ2n) is 4.65. The van der Waals surface area contributed by atoms with E-state index >= 15 is 0 Å². The standard InChI is InChI=1S/C13H25N5O2/c1-5-7-14-11-15-12(19-9-6-2)17-13(16-11)20-10-8-18(3)4/h5-10H2,1-4H3,(H,14,15,16,17). The Hall–Kier alpha value is -1.63. The molecule has 1 rings (SSSR count). The maximum absolute atomic E-state index is 5.53. The summed E-state index contributed by atoms with van der Waals surface area (Å²) in [7, 11) is 3.97. The highest BCUT2D eigenvalue weighted by molar-refractivity contribution is 5.27. The number of nitrogens with one attached hydrogen (secondary N) is 1. The van der Waals surface area contributed by atoms with Crippen LogP contribution in [0, 0.1) is 0 Å². The Morgan fingerprint density at radius 3 is 2.15 bits per heavy atom. The number of rotatable bonds is 10. The molecule has 0 fully saturated rings. The topological polar surface area (TPSA) is 72.4 Å². The number of hydrogen-bond donors (Lipinski definition) is 1. The van der Waals surface area contributed by atoms with Crippen LogP contribution in [0.2, 0.25) is 0 Å². The number of anilines is 1. The first-order valence-corrected chi connectivity index (χ1v) is 7.06. The molecule has 114 valence electrons. The van der Waals surface area contributed by atoms with Gasteiger partial charge < -0.3 is 19.7 Å². The van der Waals surface area contributed by atoms with Gasteiger partial charge in [-0.15, -0.1) is 4.98 Å². The smallest absolute Gasteiger partial charge is 0.324 e. The summed E-state index contributed by atoms with van der Waals surface area (Å²) in [4.78, 5) is 14.6. The Kier molecular flexibility index (Phi) is 7.64.